The molecule has 2 rings (SSSR count). The zero-order valence-corrected chi connectivity index (χ0v) is 12.6. The van der Waals surface area contributed by atoms with Crippen molar-refractivity contribution in [3.05, 3.63) is 58.3 Å². The largest absolute Gasteiger partial charge is 0.452 e. The first-order valence-electron chi connectivity index (χ1n) is 5.98. The fourth-order valence-corrected chi connectivity index (χ4v) is 1.87. The van der Waals surface area contributed by atoms with Crippen molar-refractivity contribution in [1.82, 2.24) is 4.98 Å². The number of pyridine rings is 1. The molecule has 0 aliphatic rings. The van der Waals surface area contributed by atoms with Crippen LogP contribution in [0.1, 0.15) is 10.4 Å². The van der Waals surface area contributed by atoms with E-state index < -0.39 is 30.1 Å². The fourth-order valence-electron chi connectivity index (χ4n) is 1.51. The summed E-state index contributed by atoms with van der Waals surface area (Å²) < 4.78 is 31.1. The Labute approximate surface area is 132 Å². The highest BCUT2D eigenvalue weighted by molar-refractivity contribution is 9.10. The summed E-state index contributed by atoms with van der Waals surface area (Å²) in [7, 11) is 0. The quantitative estimate of drug-likeness (QED) is 0.840. The molecule has 0 spiro atoms. The summed E-state index contributed by atoms with van der Waals surface area (Å²) in [4.78, 5) is 27.1. The maximum Gasteiger partial charge on any atom is 0.340 e. The minimum Gasteiger partial charge on any atom is -0.452 e. The van der Waals surface area contributed by atoms with Crippen LogP contribution in [0.25, 0.3) is 0 Å². The number of halogens is 3. The first-order chi connectivity index (χ1) is 10.5. The molecule has 1 aromatic heterocycles. The molecular formula is C14H9BrF2N2O3. The molecule has 0 atom stereocenters. The van der Waals surface area contributed by atoms with Gasteiger partial charge in [0.25, 0.3) is 5.91 Å². The maximum absolute atomic E-state index is 13.0. The lowest BCUT2D eigenvalue weighted by atomic mass is 10.3. The Morgan fingerprint density at radius 2 is 1.95 bits per heavy atom. The predicted octanol–water partition coefficient (Wildman–Crippen LogP) is 2.92. The highest BCUT2D eigenvalue weighted by Gasteiger charge is 2.12. The minimum atomic E-state index is -1.09. The molecule has 0 radical (unpaired) electrons. The van der Waals surface area contributed by atoms with Crippen LogP contribution in [0.15, 0.2) is 41.1 Å². The van der Waals surface area contributed by atoms with Crippen LogP contribution in [-0.4, -0.2) is 23.5 Å². The molecule has 0 aliphatic heterocycles. The van der Waals surface area contributed by atoms with Crippen molar-refractivity contribution in [3.63, 3.8) is 0 Å². The third-order valence-electron chi connectivity index (χ3n) is 2.48. The summed E-state index contributed by atoms with van der Waals surface area (Å²) >= 11 is 3.15. The first kappa shape index (κ1) is 16.0. The van der Waals surface area contributed by atoms with E-state index in [4.69, 9.17) is 4.74 Å². The number of hydrogen-bond donors (Lipinski definition) is 1. The van der Waals surface area contributed by atoms with Crippen molar-refractivity contribution in [2.24, 2.45) is 0 Å². The second-order valence-corrected chi connectivity index (χ2v) is 5.06. The van der Waals surface area contributed by atoms with Crippen molar-refractivity contribution in [2.45, 2.75) is 0 Å². The smallest absolute Gasteiger partial charge is 0.340 e. The molecule has 0 fully saturated rings. The Balaban J connectivity index is 1.90. The molecule has 114 valence electrons. The van der Waals surface area contributed by atoms with Crippen LogP contribution in [0.5, 0.6) is 0 Å². The Bertz CT molecular complexity index is 725. The molecule has 0 saturated heterocycles. The van der Waals surface area contributed by atoms with Gasteiger partial charge in [-0.25, -0.2) is 13.6 Å². The molecule has 0 unspecified atom stereocenters. The lowest BCUT2D eigenvalue weighted by Crippen LogP contribution is -2.21. The molecule has 0 aliphatic carbocycles. The van der Waals surface area contributed by atoms with Gasteiger partial charge < -0.3 is 10.1 Å². The topological polar surface area (TPSA) is 68.3 Å². The van der Waals surface area contributed by atoms with Crippen molar-refractivity contribution in [1.29, 1.82) is 0 Å². The van der Waals surface area contributed by atoms with Crippen molar-refractivity contribution in [3.8, 4) is 0 Å². The fraction of sp³-hybridized carbons (Fsp3) is 0.0714. The Morgan fingerprint density at radius 1 is 1.18 bits per heavy atom. The molecule has 1 aromatic carbocycles. The van der Waals surface area contributed by atoms with Crippen LogP contribution < -0.4 is 5.32 Å². The number of hydrogen-bond acceptors (Lipinski definition) is 4. The number of benzene rings is 1. The van der Waals surface area contributed by atoms with E-state index in [0.29, 0.717) is 4.47 Å². The number of amides is 1. The summed E-state index contributed by atoms with van der Waals surface area (Å²) in [6, 6.07) is 4.39. The number of esters is 1. The van der Waals surface area contributed by atoms with Gasteiger partial charge in [-0.05, 0) is 34.1 Å². The zero-order valence-electron chi connectivity index (χ0n) is 11.0. The Morgan fingerprint density at radius 3 is 2.64 bits per heavy atom. The monoisotopic (exact) mass is 370 g/mol. The van der Waals surface area contributed by atoms with E-state index in [0.717, 1.165) is 12.1 Å². The third-order valence-corrected chi connectivity index (χ3v) is 2.91. The van der Waals surface area contributed by atoms with Gasteiger partial charge in [0.1, 0.15) is 0 Å². The zero-order chi connectivity index (χ0) is 16.1. The van der Waals surface area contributed by atoms with E-state index in [2.05, 4.69) is 26.2 Å². The van der Waals surface area contributed by atoms with Gasteiger partial charge in [0.15, 0.2) is 18.2 Å². The van der Waals surface area contributed by atoms with Gasteiger partial charge in [-0.1, -0.05) is 0 Å². The van der Waals surface area contributed by atoms with E-state index in [1.807, 2.05) is 0 Å². The normalized spacial score (nSPS) is 10.1. The standard InChI is InChI=1S/C14H9BrF2N2O3/c15-9-3-8(5-18-6-9)14(21)22-7-13(20)19-10-1-2-11(16)12(17)4-10/h1-6H,7H2,(H,19,20). The number of carbonyl (C=O) groups excluding carboxylic acids is 2. The van der Waals surface area contributed by atoms with Crippen LogP contribution in [0, 0.1) is 11.6 Å². The van der Waals surface area contributed by atoms with Crippen LogP contribution in [-0.2, 0) is 9.53 Å². The van der Waals surface area contributed by atoms with Crippen LogP contribution in [0.3, 0.4) is 0 Å². The average molecular weight is 371 g/mol. The molecule has 8 heteroatoms. The first-order valence-corrected chi connectivity index (χ1v) is 6.77. The molecule has 1 amide bonds. The van der Waals surface area contributed by atoms with E-state index >= 15 is 0 Å². The number of ether oxygens (including phenoxy) is 1. The number of nitrogens with zero attached hydrogens (tertiary/aromatic N) is 1. The van der Waals surface area contributed by atoms with Crippen LogP contribution in [0.2, 0.25) is 0 Å². The summed E-state index contributed by atoms with van der Waals surface area (Å²) in [6.45, 7) is -0.565. The predicted molar refractivity (Wildman–Crippen MR) is 77.2 cm³/mol. The third kappa shape index (κ3) is 4.32. The van der Waals surface area contributed by atoms with Gasteiger partial charge in [0.2, 0.25) is 0 Å². The summed E-state index contributed by atoms with van der Waals surface area (Å²) in [5.74, 6) is -3.52. The molecule has 2 aromatic rings. The maximum atomic E-state index is 13.0. The van der Waals surface area contributed by atoms with Crippen molar-refractivity contribution in [2.75, 3.05) is 11.9 Å². The SMILES string of the molecule is O=C(COC(=O)c1cncc(Br)c1)Nc1ccc(F)c(F)c1. The molecule has 0 bridgehead atoms. The second kappa shape index (κ2) is 7.08. The molecule has 22 heavy (non-hydrogen) atoms. The van der Waals surface area contributed by atoms with Crippen LogP contribution >= 0.6 is 15.9 Å². The van der Waals surface area contributed by atoms with Crippen LogP contribution in [0.4, 0.5) is 14.5 Å². The number of rotatable bonds is 4. The molecular weight excluding hydrogens is 362 g/mol. The van der Waals surface area contributed by atoms with Gasteiger partial charge >= 0.3 is 5.97 Å². The van der Waals surface area contributed by atoms with Crippen molar-refractivity contribution < 1.29 is 23.1 Å². The van der Waals surface area contributed by atoms with Gasteiger partial charge in [-0.15, -0.1) is 0 Å². The summed E-state index contributed by atoms with van der Waals surface area (Å²) in [5.41, 5.74) is 0.235. The lowest BCUT2D eigenvalue weighted by molar-refractivity contribution is -0.119. The van der Waals surface area contributed by atoms with E-state index in [9.17, 15) is 18.4 Å². The summed E-state index contributed by atoms with van der Waals surface area (Å²) in [6.07, 6.45) is 2.78. The molecule has 1 N–H and O–H groups in total. The van der Waals surface area contributed by atoms with Gasteiger partial charge in [0, 0.05) is 28.6 Å². The van der Waals surface area contributed by atoms with E-state index in [1.165, 1.54) is 24.5 Å². The molecule has 5 nitrogen and oxygen atoms in total. The van der Waals surface area contributed by atoms with Gasteiger partial charge in [-0.2, -0.15) is 0 Å². The van der Waals surface area contributed by atoms with Gasteiger partial charge in [-0.3, -0.25) is 9.78 Å². The molecule has 1 heterocycles. The number of aromatic nitrogens is 1. The Hall–Kier alpha value is -2.35. The highest BCUT2D eigenvalue weighted by atomic mass is 79.9. The van der Waals surface area contributed by atoms with E-state index in [1.54, 1.807) is 0 Å². The van der Waals surface area contributed by atoms with Crippen molar-refractivity contribution >= 4 is 33.5 Å². The number of anilines is 1. The van der Waals surface area contributed by atoms with E-state index in [-0.39, 0.29) is 11.3 Å². The Kier molecular flexibility index (Phi) is 5.16. The lowest BCUT2D eigenvalue weighted by Gasteiger charge is -2.07. The minimum absolute atomic E-state index is 0.0593. The average Bonchev–Trinajstić information content (AvgIpc) is 2.48. The van der Waals surface area contributed by atoms with Gasteiger partial charge in [0.05, 0.1) is 5.56 Å². The second-order valence-electron chi connectivity index (χ2n) is 4.15. The number of nitrogens with one attached hydrogen (secondary N) is 1. The number of carbonyl (C=O) groups is 2. The highest BCUT2D eigenvalue weighted by Crippen LogP contribution is 2.13. The summed E-state index contributed by atoms with van der Waals surface area (Å²) in [5, 5.41) is 2.28. The molecule has 0 saturated carbocycles.